The van der Waals surface area contributed by atoms with E-state index in [1.54, 1.807) is 24.4 Å². The third-order valence-electron chi connectivity index (χ3n) is 7.20. The molecule has 1 atom stereocenters. The molecule has 198 valence electrons. The molecule has 1 saturated heterocycles. The first-order valence-electron chi connectivity index (χ1n) is 12.7. The predicted octanol–water partition coefficient (Wildman–Crippen LogP) is 4.98. The van der Waals surface area contributed by atoms with Crippen molar-refractivity contribution in [3.63, 3.8) is 0 Å². The van der Waals surface area contributed by atoms with E-state index >= 15 is 0 Å². The van der Waals surface area contributed by atoms with Crippen LogP contribution in [0.1, 0.15) is 37.7 Å². The van der Waals surface area contributed by atoms with Crippen LogP contribution in [0.25, 0.3) is 5.57 Å². The van der Waals surface area contributed by atoms with E-state index in [2.05, 4.69) is 33.3 Å². The summed E-state index contributed by atoms with van der Waals surface area (Å²) in [5, 5.41) is 24.1. The van der Waals surface area contributed by atoms with Gasteiger partial charge in [-0.2, -0.15) is 0 Å². The lowest BCUT2D eigenvalue weighted by Crippen LogP contribution is -2.54. The van der Waals surface area contributed by atoms with Crippen LogP contribution in [0.4, 0.5) is 10.2 Å². The molecule has 9 heteroatoms. The quantitative estimate of drug-likeness (QED) is 0.345. The lowest BCUT2D eigenvalue weighted by atomic mass is 9.93. The van der Waals surface area contributed by atoms with Crippen LogP contribution in [0.3, 0.4) is 0 Å². The van der Waals surface area contributed by atoms with E-state index in [4.69, 9.17) is 10.6 Å². The second-order valence-electron chi connectivity index (χ2n) is 9.56. The monoisotopic (exact) mass is 518 g/mol. The van der Waals surface area contributed by atoms with Gasteiger partial charge in [0.05, 0.1) is 0 Å². The summed E-state index contributed by atoms with van der Waals surface area (Å²) in [6.45, 7) is 0.425. The Morgan fingerprint density at radius 2 is 2.08 bits per heavy atom. The van der Waals surface area contributed by atoms with Crippen molar-refractivity contribution in [1.29, 1.82) is 0 Å². The molecule has 0 spiro atoms. The first-order chi connectivity index (χ1) is 18.5. The number of nitrogens with two attached hydrogens (primary N) is 1. The summed E-state index contributed by atoms with van der Waals surface area (Å²) in [7, 11) is 0. The number of aromatic nitrogens is 1. The van der Waals surface area contributed by atoms with Gasteiger partial charge in [0.1, 0.15) is 24.9 Å². The van der Waals surface area contributed by atoms with Gasteiger partial charge < -0.3 is 20.6 Å². The average Bonchev–Trinajstić information content (AvgIpc) is 3.03. The van der Waals surface area contributed by atoms with Crippen molar-refractivity contribution in [2.45, 2.75) is 37.8 Å². The SMILES string of the molecule is Nc1ccc(C2=C(COO)C=C(CC=C3CCCN4C3=NOC4(CO)C3=CC=C(F)C=CC3)C=CC2)cn1. The molecular formula is C29H31FN4O4. The highest BCUT2D eigenvalue weighted by Crippen LogP contribution is 2.40. The molecule has 1 aromatic heterocycles. The third kappa shape index (κ3) is 5.13. The Kier molecular flexibility index (Phi) is 7.69. The van der Waals surface area contributed by atoms with Gasteiger partial charge in [-0.25, -0.2) is 14.3 Å². The molecule has 1 fully saturated rings. The van der Waals surface area contributed by atoms with Crippen molar-refractivity contribution in [2.75, 3.05) is 25.5 Å². The molecule has 1 unspecified atom stereocenters. The summed E-state index contributed by atoms with van der Waals surface area (Å²) in [5.74, 6) is 0.805. The first-order valence-corrected chi connectivity index (χ1v) is 12.7. The topological polar surface area (TPSA) is 113 Å². The lowest BCUT2D eigenvalue weighted by molar-refractivity contribution is -0.233. The Hall–Kier alpha value is -3.79. The minimum Gasteiger partial charge on any atom is -0.390 e. The molecule has 0 amide bonds. The molecule has 2 aliphatic heterocycles. The van der Waals surface area contributed by atoms with Crippen molar-refractivity contribution in [3.8, 4) is 0 Å². The standard InChI is InChI=1S/C29H31FN4O4/c30-25-7-2-6-24(12-13-25)29(19-35)34-15-3-5-21(28(34)33-38-29)10-9-20-4-1-8-26(23(16-20)18-37-36)22-11-14-27(31)32-17-22/h1-2,4,7,10-14,16-17,35-36H,3,5-6,8-9,15,18-19H2,(H2,31,32). The van der Waals surface area contributed by atoms with Gasteiger partial charge in [0.25, 0.3) is 5.72 Å². The van der Waals surface area contributed by atoms with E-state index in [1.807, 2.05) is 17.0 Å². The van der Waals surface area contributed by atoms with Crippen LogP contribution in [-0.2, 0) is 9.73 Å². The number of amidine groups is 1. The number of hydrogen-bond acceptors (Lipinski definition) is 8. The van der Waals surface area contributed by atoms with E-state index < -0.39 is 5.72 Å². The van der Waals surface area contributed by atoms with Gasteiger partial charge in [0.2, 0.25) is 0 Å². The number of halogens is 1. The number of fused-ring (bicyclic) bond motifs is 1. The number of pyridine rings is 1. The fraction of sp³-hybridized carbons (Fsp3) is 0.310. The smallest absolute Gasteiger partial charge is 0.257 e. The van der Waals surface area contributed by atoms with Crippen LogP contribution in [-0.4, -0.2) is 51.6 Å². The predicted molar refractivity (Wildman–Crippen MR) is 144 cm³/mol. The molecule has 8 nitrogen and oxygen atoms in total. The number of hydrogen-bond donors (Lipinski definition) is 3. The van der Waals surface area contributed by atoms with Crippen molar-refractivity contribution >= 4 is 17.2 Å². The number of allylic oxidation sites excluding steroid dienone is 10. The summed E-state index contributed by atoms with van der Waals surface area (Å²) in [6, 6.07) is 3.67. The number of oxime groups is 1. The number of nitrogens with zero attached hydrogens (tertiary/aromatic N) is 3. The van der Waals surface area contributed by atoms with Crippen molar-refractivity contribution in [3.05, 3.63) is 101 Å². The Bertz CT molecular complexity index is 1320. The Balaban J connectivity index is 1.39. The molecular weight excluding hydrogens is 487 g/mol. The van der Waals surface area contributed by atoms with Gasteiger partial charge in [-0.15, -0.1) is 0 Å². The Labute approximate surface area is 220 Å². The molecule has 4 aliphatic rings. The molecule has 0 saturated carbocycles. The van der Waals surface area contributed by atoms with Crippen molar-refractivity contribution in [1.82, 2.24) is 9.88 Å². The second-order valence-corrected chi connectivity index (χ2v) is 9.56. The van der Waals surface area contributed by atoms with Crippen LogP contribution in [0.5, 0.6) is 0 Å². The normalized spacial score (nSPS) is 24.3. The number of aliphatic hydroxyl groups is 1. The van der Waals surface area contributed by atoms with Gasteiger partial charge in [0, 0.05) is 18.3 Å². The molecule has 5 rings (SSSR count). The summed E-state index contributed by atoms with van der Waals surface area (Å²) in [6.07, 6.45) is 19.7. The molecule has 38 heavy (non-hydrogen) atoms. The fourth-order valence-electron chi connectivity index (χ4n) is 5.25. The maximum absolute atomic E-state index is 13.8. The number of nitrogen functional groups attached to an aromatic ring is 1. The summed E-state index contributed by atoms with van der Waals surface area (Å²) >= 11 is 0. The van der Waals surface area contributed by atoms with E-state index in [0.717, 1.165) is 46.3 Å². The largest absolute Gasteiger partial charge is 0.390 e. The Morgan fingerprint density at radius 1 is 1.21 bits per heavy atom. The second kappa shape index (κ2) is 11.3. The fourth-order valence-corrected chi connectivity index (χ4v) is 5.25. The van der Waals surface area contributed by atoms with E-state index in [1.165, 1.54) is 12.2 Å². The van der Waals surface area contributed by atoms with Crippen LogP contribution in [0.2, 0.25) is 0 Å². The van der Waals surface area contributed by atoms with E-state index in [9.17, 15) is 14.8 Å². The molecule has 0 aromatic carbocycles. The Morgan fingerprint density at radius 3 is 2.87 bits per heavy atom. The highest BCUT2D eigenvalue weighted by molar-refractivity contribution is 6.00. The number of anilines is 1. The highest BCUT2D eigenvalue weighted by Gasteiger charge is 2.50. The third-order valence-corrected chi connectivity index (χ3v) is 7.20. The minimum atomic E-state index is -1.14. The van der Waals surface area contributed by atoms with Crippen LogP contribution in [0.15, 0.2) is 100 Å². The highest BCUT2D eigenvalue weighted by atomic mass is 19.1. The molecule has 4 N–H and O–H groups in total. The van der Waals surface area contributed by atoms with Gasteiger partial charge in [-0.05, 0) is 84.2 Å². The number of piperidine rings is 1. The molecule has 1 aromatic rings. The molecule has 0 bridgehead atoms. The maximum Gasteiger partial charge on any atom is 0.257 e. The molecule has 0 radical (unpaired) electrons. The lowest BCUT2D eigenvalue weighted by Gasteiger charge is -2.40. The maximum atomic E-state index is 13.8. The minimum absolute atomic E-state index is 0.0490. The van der Waals surface area contributed by atoms with Gasteiger partial charge in [0.15, 0.2) is 5.84 Å². The summed E-state index contributed by atoms with van der Waals surface area (Å²) < 4.78 is 13.8. The summed E-state index contributed by atoms with van der Waals surface area (Å²) in [5.41, 5.74) is 10.2. The van der Waals surface area contributed by atoms with E-state index in [-0.39, 0.29) is 19.0 Å². The zero-order valence-corrected chi connectivity index (χ0v) is 21.0. The van der Waals surface area contributed by atoms with Crippen molar-refractivity contribution < 1.29 is 24.5 Å². The molecule has 3 heterocycles. The zero-order valence-electron chi connectivity index (χ0n) is 21.0. The van der Waals surface area contributed by atoms with Crippen molar-refractivity contribution in [2.24, 2.45) is 5.16 Å². The first kappa shape index (κ1) is 25.8. The number of rotatable bonds is 7. The number of aliphatic hydroxyl groups excluding tert-OH is 1. The van der Waals surface area contributed by atoms with Gasteiger partial charge in [-0.1, -0.05) is 41.6 Å². The molecule has 2 aliphatic carbocycles. The van der Waals surface area contributed by atoms with Crippen LogP contribution >= 0.6 is 0 Å². The van der Waals surface area contributed by atoms with Crippen LogP contribution < -0.4 is 5.73 Å². The van der Waals surface area contributed by atoms with Crippen LogP contribution in [0, 0.1) is 0 Å². The average molecular weight is 519 g/mol. The van der Waals surface area contributed by atoms with E-state index in [0.29, 0.717) is 37.5 Å². The van der Waals surface area contributed by atoms with Gasteiger partial charge in [-0.3, -0.25) is 5.26 Å². The zero-order chi connectivity index (χ0) is 26.5. The van der Waals surface area contributed by atoms with Gasteiger partial charge >= 0.3 is 0 Å². The summed E-state index contributed by atoms with van der Waals surface area (Å²) in [4.78, 5) is 16.6.